The van der Waals surface area contributed by atoms with Crippen molar-refractivity contribution < 1.29 is 9.90 Å². The molecule has 0 saturated heterocycles. The monoisotopic (exact) mass is 246 g/mol. The summed E-state index contributed by atoms with van der Waals surface area (Å²) in [6.07, 6.45) is 8.95. The zero-order chi connectivity index (χ0) is 13.3. The van der Waals surface area contributed by atoms with E-state index in [2.05, 4.69) is 5.10 Å². The fraction of sp³-hybridized carbons (Fsp3) is 0.429. The predicted octanol–water partition coefficient (Wildman–Crippen LogP) is 2.43. The van der Waals surface area contributed by atoms with Gasteiger partial charge in [-0.25, -0.2) is 0 Å². The van der Waals surface area contributed by atoms with Crippen molar-refractivity contribution in [1.82, 2.24) is 9.78 Å². The first-order valence-electron chi connectivity index (χ1n) is 6.11. The first-order chi connectivity index (χ1) is 8.52. The Hall–Kier alpha value is -1.84. The molecule has 0 spiro atoms. The first-order valence-corrected chi connectivity index (χ1v) is 6.11. The predicted molar refractivity (Wildman–Crippen MR) is 69.7 cm³/mol. The van der Waals surface area contributed by atoms with Crippen molar-refractivity contribution in [3.63, 3.8) is 0 Å². The molecule has 0 aromatic carbocycles. The van der Waals surface area contributed by atoms with Gasteiger partial charge in [0.05, 0.1) is 11.1 Å². The van der Waals surface area contributed by atoms with Crippen LogP contribution < -0.4 is 0 Å². The molecule has 1 N–H and O–H groups in total. The third-order valence-electron chi connectivity index (χ3n) is 3.29. The smallest absolute Gasteiger partial charge is 0.161 e. The lowest BCUT2D eigenvalue weighted by molar-refractivity contribution is -0.111. The van der Waals surface area contributed by atoms with E-state index in [1.165, 1.54) is 0 Å². The summed E-state index contributed by atoms with van der Waals surface area (Å²) in [6, 6.07) is 0.0933. The van der Waals surface area contributed by atoms with E-state index in [-0.39, 0.29) is 11.8 Å². The van der Waals surface area contributed by atoms with E-state index in [1.54, 1.807) is 11.6 Å². The summed E-state index contributed by atoms with van der Waals surface area (Å²) >= 11 is 0. The SMILES string of the molecule is Cc1nn(C(C)C)c(C2(C=O)C=CC=CC2)c1O. The number of carbonyl (C=O) groups excluding carboxylic acids is 1. The molecule has 1 aromatic heterocycles. The van der Waals surface area contributed by atoms with E-state index in [0.717, 1.165) is 6.29 Å². The number of carbonyl (C=O) groups is 1. The van der Waals surface area contributed by atoms with E-state index < -0.39 is 5.41 Å². The highest BCUT2D eigenvalue weighted by atomic mass is 16.3. The number of hydrogen-bond acceptors (Lipinski definition) is 3. The molecular weight excluding hydrogens is 228 g/mol. The van der Waals surface area contributed by atoms with Gasteiger partial charge in [0, 0.05) is 6.04 Å². The van der Waals surface area contributed by atoms with E-state index in [9.17, 15) is 9.90 Å². The maximum atomic E-state index is 11.6. The van der Waals surface area contributed by atoms with Crippen molar-refractivity contribution in [2.75, 3.05) is 0 Å². The van der Waals surface area contributed by atoms with Crippen LogP contribution in [-0.2, 0) is 10.2 Å². The molecule has 4 nitrogen and oxygen atoms in total. The number of aromatic hydroxyl groups is 1. The van der Waals surface area contributed by atoms with Crippen molar-refractivity contribution in [3.05, 3.63) is 35.7 Å². The minimum atomic E-state index is -0.801. The Morgan fingerprint density at radius 2 is 2.22 bits per heavy atom. The van der Waals surface area contributed by atoms with Gasteiger partial charge in [0.25, 0.3) is 0 Å². The van der Waals surface area contributed by atoms with Crippen LogP contribution in [0.1, 0.15) is 37.7 Å². The molecule has 18 heavy (non-hydrogen) atoms. The number of allylic oxidation sites excluding steroid dienone is 4. The Balaban J connectivity index is 2.65. The van der Waals surface area contributed by atoms with Crippen molar-refractivity contribution in [1.29, 1.82) is 0 Å². The molecule has 2 rings (SSSR count). The van der Waals surface area contributed by atoms with Gasteiger partial charge in [-0.3, -0.25) is 4.68 Å². The molecule has 4 heteroatoms. The van der Waals surface area contributed by atoms with Crippen LogP contribution in [0.4, 0.5) is 0 Å². The maximum absolute atomic E-state index is 11.6. The maximum Gasteiger partial charge on any atom is 0.161 e. The topological polar surface area (TPSA) is 55.1 Å². The highest BCUT2D eigenvalue weighted by Crippen LogP contribution is 2.39. The minimum absolute atomic E-state index is 0.0933. The lowest BCUT2D eigenvalue weighted by atomic mass is 9.79. The average molecular weight is 246 g/mol. The molecule has 0 saturated carbocycles. The van der Waals surface area contributed by atoms with Crippen LogP contribution in [0.25, 0.3) is 0 Å². The molecule has 1 aromatic rings. The van der Waals surface area contributed by atoms with Crippen LogP contribution in [0.2, 0.25) is 0 Å². The number of nitrogens with zero attached hydrogens (tertiary/aromatic N) is 2. The quantitative estimate of drug-likeness (QED) is 0.833. The third kappa shape index (κ3) is 1.78. The number of aryl methyl sites for hydroxylation is 1. The number of aromatic nitrogens is 2. The van der Waals surface area contributed by atoms with E-state index in [4.69, 9.17) is 0 Å². The molecule has 0 bridgehead atoms. The Bertz CT molecular complexity index is 526. The van der Waals surface area contributed by atoms with E-state index in [0.29, 0.717) is 17.8 Å². The molecule has 1 aliphatic carbocycles. The van der Waals surface area contributed by atoms with E-state index in [1.807, 2.05) is 38.2 Å². The standard InChI is InChI=1S/C14H18N2O2/c1-10(2)16-13(12(18)11(3)15-16)14(9-17)7-5-4-6-8-14/h4-7,9-10,18H,8H2,1-3H3. The van der Waals surface area contributed by atoms with Crippen molar-refractivity contribution in [2.45, 2.75) is 38.6 Å². The van der Waals surface area contributed by atoms with Crippen LogP contribution in [0.5, 0.6) is 5.75 Å². The first kappa shape index (κ1) is 12.6. The number of aldehydes is 1. The zero-order valence-electron chi connectivity index (χ0n) is 10.9. The number of hydrogen-bond donors (Lipinski definition) is 1. The van der Waals surface area contributed by atoms with Gasteiger partial charge in [0.2, 0.25) is 0 Å². The zero-order valence-corrected chi connectivity index (χ0v) is 10.9. The summed E-state index contributed by atoms with van der Waals surface area (Å²) in [4.78, 5) is 11.6. The molecule has 1 atom stereocenters. The summed E-state index contributed by atoms with van der Waals surface area (Å²) in [6.45, 7) is 5.71. The van der Waals surface area contributed by atoms with Gasteiger partial charge >= 0.3 is 0 Å². The summed E-state index contributed by atoms with van der Waals surface area (Å²) < 4.78 is 1.74. The van der Waals surface area contributed by atoms with Crippen LogP contribution in [-0.4, -0.2) is 21.2 Å². The Morgan fingerprint density at radius 1 is 1.50 bits per heavy atom. The molecule has 0 amide bonds. The Labute approximate surface area is 107 Å². The van der Waals surface area contributed by atoms with Gasteiger partial charge in [0.1, 0.15) is 12.0 Å². The lowest BCUT2D eigenvalue weighted by Crippen LogP contribution is -2.30. The van der Waals surface area contributed by atoms with Gasteiger partial charge in [-0.2, -0.15) is 5.10 Å². The van der Waals surface area contributed by atoms with Crippen molar-refractivity contribution >= 4 is 6.29 Å². The summed E-state index contributed by atoms with van der Waals surface area (Å²) in [5.74, 6) is 0.121. The summed E-state index contributed by atoms with van der Waals surface area (Å²) in [5.41, 5.74) is 0.346. The highest BCUT2D eigenvalue weighted by Gasteiger charge is 2.37. The number of rotatable bonds is 3. The van der Waals surface area contributed by atoms with Gasteiger partial charge < -0.3 is 9.90 Å². The second-order valence-electron chi connectivity index (χ2n) is 4.97. The van der Waals surface area contributed by atoms with Crippen molar-refractivity contribution in [2.24, 2.45) is 0 Å². The van der Waals surface area contributed by atoms with Crippen LogP contribution in [0, 0.1) is 6.92 Å². The van der Waals surface area contributed by atoms with E-state index >= 15 is 0 Å². The second kappa shape index (κ2) is 4.44. The van der Waals surface area contributed by atoms with Crippen molar-refractivity contribution in [3.8, 4) is 5.75 Å². The van der Waals surface area contributed by atoms with Gasteiger partial charge in [-0.15, -0.1) is 0 Å². The van der Waals surface area contributed by atoms with Gasteiger partial charge in [-0.1, -0.05) is 24.3 Å². The largest absolute Gasteiger partial charge is 0.504 e. The average Bonchev–Trinajstić information content (AvgIpc) is 2.67. The van der Waals surface area contributed by atoms with Crippen LogP contribution in [0.3, 0.4) is 0 Å². The summed E-state index contributed by atoms with van der Waals surface area (Å²) in [7, 11) is 0. The fourth-order valence-corrected chi connectivity index (χ4v) is 2.30. The third-order valence-corrected chi connectivity index (χ3v) is 3.29. The normalized spacial score (nSPS) is 22.7. The van der Waals surface area contributed by atoms with Gasteiger partial charge in [-0.05, 0) is 27.2 Å². The lowest BCUT2D eigenvalue weighted by Gasteiger charge is -2.27. The Kier molecular flexibility index (Phi) is 3.11. The molecule has 1 unspecified atom stereocenters. The summed E-state index contributed by atoms with van der Waals surface area (Å²) in [5, 5.41) is 14.5. The minimum Gasteiger partial charge on any atom is -0.504 e. The van der Waals surface area contributed by atoms with Crippen LogP contribution >= 0.6 is 0 Å². The second-order valence-corrected chi connectivity index (χ2v) is 4.97. The molecule has 1 aliphatic rings. The molecule has 0 radical (unpaired) electrons. The fourth-order valence-electron chi connectivity index (χ4n) is 2.30. The molecule has 1 heterocycles. The van der Waals surface area contributed by atoms with Gasteiger partial charge in [0.15, 0.2) is 5.75 Å². The molecule has 0 fully saturated rings. The molecular formula is C14H18N2O2. The molecule has 0 aliphatic heterocycles. The molecule has 96 valence electrons. The highest BCUT2D eigenvalue weighted by molar-refractivity contribution is 5.74. The van der Waals surface area contributed by atoms with Crippen LogP contribution in [0.15, 0.2) is 24.3 Å². The Morgan fingerprint density at radius 3 is 2.72 bits per heavy atom.